The molecule has 7 nitrogen and oxygen atoms in total. The van der Waals surface area contributed by atoms with Gasteiger partial charge in [0.15, 0.2) is 0 Å². The van der Waals surface area contributed by atoms with Crippen LogP contribution in [0.3, 0.4) is 0 Å². The van der Waals surface area contributed by atoms with Crippen LogP contribution >= 0.6 is 0 Å². The van der Waals surface area contributed by atoms with Gasteiger partial charge in [-0.05, 0) is 49.9 Å². The Labute approximate surface area is 160 Å². The molecule has 5 N–H and O–H groups in total. The van der Waals surface area contributed by atoms with E-state index in [2.05, 4.69) is 21.3 Å². The number of hydrogen-bond acceptors (Lipinski definition) is 5. The second-order valence-corrected chi connectivity index (χ2v) is 6.63. The van der Waals surface area contributed by atoms with E-state index >= 15 is 0 Å². The first-order valence-corrected chi connectivity index (χ1v) is 9.39. The highest BCUT2D eigenvalue weighted by Crippen LogP contribution is 2.14. The summed E-state index contributed by atoms with van der Waals surface area (Å²) in [6, 6.07) is 9.67. The summed E-state index contributed by atoms with van der Waals surface area (Å²) in [5, 5.41) is 19.5. The topological polar surface area (TPSA) is 106 Å². The van der Waals surface area contributed by atoms with E-state index in [4.69, 9.17) is 5.41 Å². The van der Waals surface area contributed by atoms with Crippen LogP contribution < -0.4 is 21.3 Å². The minimum absolute atomic E-state index is 0.220. The van der Waals surface area contributed by atoms with Gasteiger partial charge in [0.25, 0.3) is 11.8 Å². The minimum atomic E-state index is -0.531. The number of carbonyl (C=O) groups excluding carboxylic acids is 2. The zero-order valence-corrected chi connectivity index (χ0v) is 15.8. The standard InChI is InChI=1S/C20H29N5O2/c1-22-19(26)17(21)13-18(25-14-16-5-3-2-4-6-16)20(27)24-12-9-15-7-10-23-11-8-15/h2-6,13,15,21,23,25H,7-12,14H2,1H3,(H,22,26)(H,24,27)/b18-13-,21-17?. The molecule has 0 atom stereocenters. The summed E-state index contributed by atoms with van der Waals surface area (Å²) in [4.78, 5) is 24.2. The van der Waals surface area contributed by atoms with E-state index in [-0.39, 0.29) is 17.3 Å². The first-order chi connectivity index (χ1) is 13.1. The Morgan fingerprint density at radius 3 is 2.52 bits per heavy atom. The maximum absolute atomic E-state index is 12.6. The van der Waals surface area contributed by atoms with Gasteiger partial charge in [-0.1, -0.05) is 30.3 Å². The van der Waals surface area contributed by atoms with Crippen LogP contribution in [0.25, 0.3) is 0 Å². The van der Waals surface area contributed by atoms with Crippen LogP contribution in [0.5, 0.6) is 0 Å². The van der Waals surface area contributed by atoms with Crippen LogP contribution in [0.15, 0.2) is 42.1 Å². The fourth-order valence-corrected chi connectivity index (χ4v) is 2.99. The molecule has 0 spiro atoms. The Bertz CT molecular complexity index is 666. The van der Waals surface area contributed by atoms with Crippen molar-refractivity contribution in [2.45, 2.75) is 25.8 Å². The van der Waals surface area contributed by atoms with Crippen molar-refractivity contribution in [3.8, 4) is 0 Å². The smallest absolute Gasteiger partial charge is 0.268 e. The fraction of sp³-hybridized carbons (Fsp3) is 0.450. The zero-order valence-electron chi connectivity index (χ0n) is 15.8. The normalized spacial score (nSPS) is 15.1. The third-order valence-electron chi connectivity index (χ3n) is 4.63. The lowest BCUT2D eigenvalue weighted by Crippen LogP contribution is -2.36. The molecule has 1 heterocycles. The van der Waals surface area contributed by atoms with E-state index in [1.54, 1.807) is 0 Å². The molecule has 0 saturated carbocycles. The van der Waals surface area contributed by atoms with Gasteiger partial charge in [-0.25, -0.2) is 0 Å². The van der Waals surface area contributed by atoms with Crippen LogP contribution in [-0.4, -0.2) is 44.2 Å². The van der Waals surface area contributed by atoms with Crippen molar-refractivity contribution in [2.24, 2.45) is 5.92 Å². The van der Waals surface area contributed by atoms with Crippen molar-refractivity contribution in [1.82, 2.24) is 21.3 Å². The monoisotopic (exact) mass is 371 g/mol. The molecule has 0 aromatic heterocycles. The zero-order chi connectivity index (χ0) is 19.5. The van der Waals surface area contributed by atoms with Gasteiger partial charge in [-0.3, -0.25) is 15.0 Å². The van der Waals surface area contributed by atoms with E-state index in [1.165, 1.54) is 13.1 Å². The van der Waals surface area contributed by atoms with E-state index in [1.807, 2.05) is 30.3 Å². The van der Waals surface area contributed by atoms with E-state index in [9.17, 15) is 9.59 Å². The number of carbonyl (C=O) groups is 2. The molecule has 1 fully saturated rings. The van der Waals surface area contributed by atoms with Gasteiger partial charge in [0, 0.05) is 20.1 Å². The Kier molecular flexibility index (Phi) is 8.51. The van der Waals surface area contributed by atoms with Gasteiger partial charge in [-0.2, -0.15) is 0 Å². The summed E-state index contributed by atoms with van der Waals surface area (Å²) in [6.45, 7) is 3.09. The second kappa shape index (κ2) is 11.1. The average molecular weight is 371 g/mol. The Morgan fingerprint density at radius 1 is 1.15 bits per heavy atom. The van der Waals surface area contributed by atoms with Crippen molar-refractivity contribution < 1.29 is 9.59 Å². The number of nitrogens with one attached hydrogen (secondary N) is 5. The largest absolute Gasteiger partial charge is 0.376 e. The third-order valence-corrected chi connectivity index (χ3v) is 4.63. The lowest BCUT2D eigenvalue weighted by Gasteiger charge is -2.22. The molecule has 2 amide bonds. The first-order valence-electron chi connectivity index (χ1n) is 9.39. The Hall–Kier alpha value is -2.67. The van der Waals surface area contributed by atoms with E-state index in [0.717, 1.165) is 37.9 Å². The SMILES string of the molecule is CNC(=O)C(=N)/C=C(\NCc1ccccc1)C(=O)NCCC1CCNCC1. The summed E-state index contributed by atoms with van der Waals surface area (Å²) in [7, 11) is 1.46. The lowest BCUT2D eigenvalue weighted by molar-refractivity contribution is -0.118. The van der Waals surface area contributed by atoms with Crippen molar-refractivity contribution >= 4 is 17.5 Å². The molecule has 7 heteroatoms. The quantitative estimate of drug-likeness (QED) is 0.329. The van der Waals surface area contributed by atoms with Gasteiger partial charge in [0.2, 0.25) is 0 Å². The van der Waals surface area contributed by atoms with E-state index < -0.39 is 5.91 Å². The number of hydrogen-bond donors (Lipinski definition) is 5. The third kappa shape index (κ3) is 7.22. The molecule has 1 aliphatic heterocycles. The Balaban J connectivity index is 1.94. The predicted molar refractivity (Wildman–Crippen MR) is 106 cm³/mol. The highest BCUT2D eigenvalue weighted by Gasteiger charge is 2.15. The first kappa shape index (κ1) is 20.6. The number of rotatable bonds is 9. The number of piperidine rings is 1. The summed E-state index contributed by atoms with van der Waals surface area (Å²) < 4.78 is 0. The molecule has 1 aliphatic rings. The van der Waals surface area contributed by atoms with Crippen molar-refractivity contribution in [1.29, 1.82) is 5.41 Å². The molecule has 0 aliphatic carbocycles. The molecule has 0 bridgehead atoms. The van der Waals surface area contributed by atoms with Crippen LogP contribution in [0.2, 0.25) is 0 Å². The molecule has 1 aromatic carbocycles. The predicted octanol–water partition coefficient (Wildman–Crippen LogP) is 0.932. The molecular weight excluding hydrogens is 342 g/mol. The minimum Gasteiger partial charge on any atom is -0.376 e. The van der Waals surface area contributed by atoms with Crippen molar-refractivity contribution in [3.05, 3.63) is 47.7 Å². The maximum Gasteiger partial charge on any atom is 0.268 e. The fourth-order valence-electron chi connectivity index (χ4n) is 2.99. The summed E-state index contributed by atoms with van der Waals surface area (Å²) in [5.41, 5.74) is 0.969. The number of benzene rings is 1. The van der Waals surface area contributed by atoms with Gasteiger partial charge in [0.05, 0.1) is 0 Å². The van der Waals surface area contributed by atoms with Crippen LogP contribution in [0.4, 0.5) is 0 Å². The van der Waals surface area contributed by atoms with Gasteiger partial charge in [0.1, 0.15) is 11.4 Å². The van der Waals surface area contributed by atoms with Gasteiger partial charge >= 0.3 is 0 Å². The molecule has 27 heavy (non-hydrogen) atoms. The molecule has 0 radical (unpaired) electrons. The van der Waals surface area contributed by atoms with Gasteiger partial charge in [-0.15, -0.1) is 0 Å². The molecule has 1 aromatic rings. The molecule has 2 rings (SSSR count). The molecule has 146 valence electrons. The Morgan fingerprint density at radius 2 is 1.85 bits per heavy atom. The second-order valence-electron chi connectivity index (χ2n) is 6.63. The van der Waals surface area contributed by atoms with Crippen molar-refractivity contribution in [2.75, 3.05) is 26.7 Å². The highest BCUT2D eigenvalue weighted by atomic mass is 16.2. The maximum atomic E-state index is 12.6. The van der Waals surface area contributed by atoms with E-state index in [0.29, 0.717) is 19.0 Å². The molecular formula is C20H29N5O2. The summed E-state index contributed by atoms with van der Waals surface area (Å²) >= 11 is 0. The van der Waals surface area contributed by atoms with Crippen LogP contribution in [0, 0.1) is 11.3 Å². The highest BCUT2D eigenvalue weighted by molar-refractivity contribution is 6.42. The van der Waals surface area contributed by atoms with Crippen LogP contribution in [0.1, 0.15) is 24.8 Å². The summed E-state index contributed by atoms with van der Waals surface area (Å²) in [6.07, 6.45) is 4.48. The average Bonchev–Trinajstić information content (AvgIpc) is 2.71. The van der Waals surface area contributed by atoms with Crippen molar-refractivity contribution in [3.63, 3.8) is 0 Å². The molecule has 0 unspecified atom stereocenters. The number of amides is 2. The van der Waals surface area contributed by atoms with Crippen LogP contribution in [-0.2, 0) is 16.1 Å². The lowest BCUT2D eigenvalue weighted by atomic mass is 9.95. The summed E-state index contributed by atoms with van der Waals surface area (Å²) in [5.74, 6) is -0.203. The van der Waals surface area contributed by atoms with Gasteiger partial charge < -0.3 is 21.3 Å². The molecule has 1 saturated heterocycles.